The molecule has 1 aliphatic carbocycles. The number of rotatable bonds is 12. The summed E-state index contributed by atoms with van der Waals surface area (Å²) < 4.78 is 12.4. The van der Waals surface area contributed by atoms with Crippen LogP contribution in [0.1, 0.15) is 70.4 Å². The van der Waals surface area contributed by atoms with Gasteiger partial charge in [-0.1, -0.05) is 53.4 Å². The summed E-state index contributed by atoms with van der Waals surface area (Å²) in [5, 5.41) is 3.19. The predicted octanol–water partition coefficient (Wildman–Crippen LogP) is 6.05. The fourth-order valence-corrected chi connectivity index (χ4v) is 4.85. The van der Waals surface area contributed by atoms with Crippen molar-refractivity contribution in [3.63, 3.8) is 0 Å². The quantitative estimate of drug-likeness (QED) is 0.344. The normalized spacial score (nSPS) is 14.7. The van der Waals surface area contributed by atoms with Crippen molar-refractivity contribution in [2.75, 3.05) is 13.2 Å². The zero-order valence-corrected chi connectivity index (χ0v) is 23.3. The van der Waals surface area contributed by atoms with Gasteiger partial charge in [-0.25, -0.2) is 0 Å². The molecular formula is C29H39BrN2O4. The Kier molecular flexibility index (Phi) is 11.1. The number of benzene rings is 2. The van der Waals surface area contributed by atoms with E-state index in [4.69, 9.17) is 9.47 Å². The van der Waals surface area contributed by atoms with Crippen LogP contribution in [-0.4, -0.2) is 42.0 Å². The van der Waals surface area contributed by atoms with Gasteiger partial charge in [-0.3, -0.25) is 9.59 Å². The SMILES string of the molecule is CCOc1ccc(CCC(=O)N(Cc2ccc(Br)cc2)[C@@H](C)C(=O)NC2CCCCC2)cc1OCC. The number of nitrogens with one attached hydrogen (secondary N) is 1. The van der Waals surface area contributed by atoms with E-state index in [2.05, 4.69) is 21.2 Å². The number of hydrogen-bond acceptors (Lipinski definition) is 4. The smallest absolute Gasteiger partial charge is 0.242 e. The summed E-state index contributed by atoms with van der Waals surface area (Å²) >= 11 is 3.47. The number of ether oxygens (including phenoxy) is 2. The van der Waals surface area contributed by atoms with Crippen molar-refractivity contribution < 1.29 is 19.1 Å². The standard InChI is InChI=1S/C29H39BrN2O4/c1-4-35-26-17-13-22(19-27(26)36-5-2)14-18-28(33)32(20-23-11-15-24(30)16-12-23)21(3)29(34)31-25-9-7-6-8-10-25/h11-13,15-17,19,21,25H,4-10,14,18,20H2,1-3H3,(H,31,34)/t21-/m0/s1. The lowest BCUT2D eigenvalue weighted by atomic mass is 9.95. The van der Waals surface area contributed by atoms with Crippen LogP contribution in [0.2, 0.25) is 0 Å². The van der Waals surface area contributed by atoms with Crippen LogP contribution in [0.5, 0.6) is 11.5 Å². The van der Waals surface area contributed by atoms with Gasteiger partial charge >= 0.3 is 0 Å². The fraction of sp³-hybridized carbons (Fsp3) is 0.517. The van der Waals surface area contributed by atoms with E-state index in [0.717, 1.165) is 41.3 Å². The molecule has 0 saturated heterocycles. The predicted molar refractivity (Wildman–Crippen MR) is 146 cm³/mol. The number of carbonyl (C=O) groups excluding carboxylic acids is 2. The van der Waals surface area contributed by atoms with E-state index in [0.29, 0.717) is 44.1 Å². The summed E-state index contributed by atoms with van der Waals surface area (Å²) in [4.78, 5) is 28.3. The van der Waals surface area contributed by atoms with E-state index in [1.807, 2.05) is 63.2 Å². The maximum absolute atomic E-state index is 13.5. The van der Waals surface area contributed by atoms with Gasteiger partial charge in [0.2, 0.25) is 11.8 Å². The molecule has 0 bridgehead atoms. The van der Waals surface area contributed by atoms with Crippen molar-refractivity contribution in [1.82, 2.24) is 10.2 Å². The minimum atomic E-state index is -0.553. The molecule has 0 spiro atoms. The molecule has 7 heteroatoms. The molecule has 3 rings (SSSR count). The molecule has 36 heavy (non-hydrogen) atoms. The molecule has 1 N–H and O–H groups in total. The summed E-state index contributed by atoms with van der Waals surface area (Å²) in [5.41, 5.74) is 1.99. The second kappa shape index (κ2) is 14.3. The minimum Gasteiger partial charge on any atom is -0.490 e. The Morgan fingerprint density at radius 2 is 1.61 bits per heavy atom. The Hall–Kier alpha value is -2.54. The van der Waals surface area contributed by atoms with Crippen molar-refractivity contribution in [1.29, 1.82) is 0 Å². The number of aryl methyl sites for hydroxylation is 1. The van der Waals surface area contributed by atoms with Crippen LogP contribution in [0.25, 0.3) is 0 Å². The summed E-state index contributed by atoms with van der Waals surface area (Å²) in [6.45, 7) is 7.19. The minimum absolute atomic E-state index is 0.0453. The highest BCUT2D eigenvalue weighted by molar-refractivity contribution is 9.10. The molecule has 2 aromatic rings. The summed E-state index contributed by atoms with van der Waals surface area (Å²) in [5.74, 6) is 1.28. The Labute approximate surface area is 223 Å². The van der Waals surface area contributed by atoms with Gasteiger partial charge in [0.05, 0.1) is 13.2 Å². The second-order valence-corrected chi connectivity index (χ2v) is 10.2. The molecule has 2 aromatic carbocycles. The van der Waals surface area contributed by atoms with Crippen LogP contribution in [0.3, 0.4) is 0 Å². The molecule has 0 radical (unpaired) electrons. The van der Waals surface area contributed by atoms with E-state index >= 15 is 0 Å². The highest BCUT2D eigenvalue weighted by Gasteiger charge is 2.28. The lowest BCUT2D eigenvalue weighted by Crippen LogP contribution is -2.50. The van der Waals surface area contributed by atoms with Crippen LogP contribution in [0, 0.1) is 0 Å². The molecular weight excluding hydrogens is 520 g/mol. The van der Waals surface area contributed by atoms with Gasteiger partial charge in [0, 0.05) is 23.5 Å². The van der Waals surface area contributed by atoms with Crippen molar-refractivity contribution >= 4 is 27.7 Å². The number of carbonyl (C=O) groups is 2. The molecule has 1 aliphatic rings. The lowest BCUT2D eigenvalue weighted by Gasteiger charge is -2.31. The zero-order chi connectivity index (χ0) is 25.9. The highest BCUT2D eigenvalue weighted by atomic mass is 79.9. The van der Waals surface area contributed by atoms with Crippen molar-refractivity contribution in [3.8, 4) is 11.5 Å². The van der Waals surface area contributed by atoms with Crippen LogP contribution in [0.15, 0.2) is 46.9 Å². The molecule has 0 aliphatic heterocycles. The van der Waals surface area contributed by atoms with Gasteiger partial charge in [0.15, 0.2) is 11.5 Å². The van der Waals surface area contributed by atoms with Crippen LogP contribution < -0.4 is 14.8 Å². The Bertz CT molecular complexity index is 989. The average molecular weight is 560 g/mol. The first-order valence-electron chi connectivity index (χ1n) is 13.1. The summed E-state index contributed by atoms with van der Waals surface area (Å²) in [6.07, 6.45) is 6.40. The molecule has 0 aromatic heterocycles. The molecule has 196 valence electrons. The van der Waals surface area contributed by atoms with Gasteiger partial charge in [0.25, 0.3) is 0 Å². The highest BCUT2D eigenvalue weighted by Crippen LogP contribution is 2.29. The van der Waals surface area contributed by atoms with Crippen LogP contribution in [-0.2, 0) is 22.6 Å². The van der Waals surface area contributed by atoms with E-state index in [1.54, 1.807) is 4.90 Å². The number of halogens is 1. The fourth-order valence-electron chi connectivity index (χ4n) is 4.58. The largest absolute Gasteiger partial charge is 0.490 e. The monoisotopic (exact) mass is 558 g/mol. The topological polar surface area (TPSA) is 67.9 Å². The van der Waals surface area contributed by atoms with E-state index in [-0.39, 0.29) is 17.9 Å². The Balaban J connectivity index is 1.71. The summed E-state index contributed by atoms with van der Waals surface area (Å²) in [7, 11) is 0. The maximum atomic E-state index is 13.5. The van der Waals surface area contributed by atoms with Crippen LogP contribution >= 0.6 is 15.9 Å². The molecule has 0 unspecified atom stereocenters. The first kappa shape index (κ1) is 28.0. The van der Waals surface area contributed by atoms with E-state index < -0.39 is 6.04 Å². The molecule has 6 nitrogen and oxygen atoms in total. The molecule has 1 saturated carbocycles. The van der Waals surface area contributed by atoms with E-state index in [1.165, 1.54) is 6.42 Å². The van der Waals surface area contributed by atoms with Gasteiger partial charge < -0.3 is 19.7 Å². The molecule has 0 heterocycles. The first-order valence-corrected chi connectivity index (χ1v) is 13.9. The van der Waals surface area contributed by atoms with Gasteiger partial charge in [-0.05, 0) is 75.4 Å². The molecule has 1 atom stereocenters. The third-order valence-electron chi connectivity index (χ3n) is 6.62. The first-order chi connectivity index (χ1) is 17.4. The molecule has 2 amide bonds. The van der Waals surface area contributed by atoms with Crippen LogP contribution in [0.4, 0.5) is 0 Å². The Morgan fingerprint density at radius 3 is 2.28 bits per heavy atom. The van der Waals surface area contributed by atoms with Crippen molar-refractivity contribution in [2.45, 2.75) is 84.3 Å². The molecule has 1 fully saturated rings. The average Bonchev–Trinajstić information content (AvgIpc) is 2.88. The van der Waals surface area contributed by atoms with Gasteiger partial charge in [0.1, 0.15) is 6.04 Å². The maximum Gasteiger partial charge on any atom is 0.242 e. The lowest BCUT2D eigenvalue weighted by molar-refractivity contribution is -0.141. The van der Waals surface area contributed by atoms with Crippen molar-refractivity contribution in [3.05, 3.63) is 58.1 Å². The second-order valence-electron chi connectivity index (χ2n) is 9.31. The van der Waals surface area contributed by atoms with Gasteiger partial charge in [-0.2, -0.15) is 0 Å². The number of hydrogen-bond donors (Lipinski definition) is 1. The third kappa shape index (κ3) is 8.26. The number of nitrogens with zero attached hydrogens (tertiary/aromatic N) is 1. The summed E-state index contributed by atoms with van der Waals surface area (Å²) in [6, 6.07) is 13.3. The van der Waals surface area contributed by atoms with Gasteiger partial charge in [-0.15, -0.1) is 0 Å². The van der Waals surface area contributed by atoms with E-state index in [9.17, 15) is 9.59 Å². The number of amides is 2. The zero-order valence-electron chi connectivity index (χ0n) is 21.7. The Morgan fingerprint density at radius 1 is 0.972 bits per heavy atom. The van der Waals surface area contributed by atoms with Crippen molar-refractivity contribution in [2.24, 2.45) is 0 Å². The third-order valence-corrected chi connectivity index (χ3v) is 7.15.